The molecule has 0 spiro atoms. The SMILES string of the molecule is CNCC1CS(=O)(=O)c2cccc(Br)c2N1. The summed E-state index contributed by atoms with van der Waals surface area (Å²) in [7, 11) is -1.36. The van der Waals surface area contributed by atoms with Crippen LogP contribution in [0.15, 0.2) is 27.6 Å². The molecule has 4 nitrogen and oxygen atoms in total. The highest BCUT2D eigenvalue weighted by molar-refractivity contribution is 9.10. The van der Waals surface area contributed by atoms with E-state index in [0.29, 0.717) is 17.1 Å². The van der Waals surface area contributed by atoms with Crippen LogP contribution in [0.2, 0.25) is 0 Å². The quantitative estimate of drug-likeness (QED) is 0.863. The van der Waals surface area contributed by atoms with Crippen LogP contribution in [0.4, 0.5) is 5.69 Å². The maximum Gasteiger partial charge on any atom is 0.182 e. The fourth-order valence-electron chi connectivity index (χ4n) is 1.86. The van der Waals surface area contributed by atoms with Gasteiger partial charge < -0.3 is 10.6 Å². The lowest BCUT2D eigenvalue weighted by Crippen LogP contribution is -2.40. The molecule has 0 amide bonds. The van der Waals surface area contributed by atoms with Gasteiger partial charge in [-0.15, -0.1) is 0 Å². The van der Waals surface area contributed by atoms with Gasteiger partial charge >= 0.3 is 0 Å². The van der Waals surface area contributed by atoms with E-state index < -0.39 is 9.84 Å². The Morgan fingerprint density at radius 3 is 3.00 bits per heavy atom. The summed E-state index contributed by atoms with van der Waals surface area (Å²) in [6, 6.07) is 5.13. The zero-order valence-electron chi connectivity index (χ0n) is 8.83. The minimum atomic E-state index is -3.17. The largest absolute Gasteiger partial charge is 0.378 e. The van der Waals surface area contributed by atoms with Crippen LogP contribution < -0.4 is 10.6 Å². The Hall–Kier alpha value is -0.590. The molecule has 16 heavy (non-hydrogen) atoms. The summed E-state index contributed by atoms with van der Waals surface area (Å²) < 4.78 is 24.8. The van der Waals surface area contributed by atoms with Gasteiger partial charge in [0.05, 0.1) is 22.4 Å². The van der Waals surface area contributed by atoms with Gasteiger partial charge in [-0.1, -0.05) is 6.07 Å². The van der Waals surface area contributed by atoms with Crippen molar-refractivity contribution in [3.63, 3.8) is 0 Å². The third kappa shape index (κ3) is 2.09. The summed E-state index contributed by atoms with van der Waals surface area (Å²) in [5, 5.41) is 6.22. The molecule has 1 aromatic carbocycles. The van der Waals surface area contributed by atoms with Crippen LogP contribution >= 0.6 is 15.9 Å². The Kier molecular flexibility index (Phi) is 3.23. The number of halogens is 1. The topological polar surface area (TPSA) is 58.2 Å². The van der Waals surface area contributed by atoms with E-state index in [4.69, 9.17) is 0 Å². The Bertz CT molecular complexity index is 502. The third-order valence-corrected chi connectivity index (χ3v) is 5.04. The molecule has 1 aliphatic heterocycles. The van der Waals surface area contributed by atoms with E-state index in [2.05, 4.69) is 26.6 Å². The third-order valence-electron chi connectivity index (χ3n) is 2.53. The molecule has 1 atom stereocenters. The summed E-state index contributed by atoms with van der Waals surface area (Å²) in [5.41, 5.74) is 0.675. The van der Waals surface area contributed by atoms with Crippen LogP contribution in [0.1, 0.15) is 0 Å². The first-order valence-corrected chi connectivity index (χ1v) is 7.41. The summed E-state index contributed by atoms with van der Waals surface area (Å²) in [6.45, 7) is 0.625. The number of anilines is 1. The van der Waals surface area contributed by atoms with Crippen molar-refractivity contribution in [1.82, 2.24) is 5.32 Å². The van der Waals surface area contributed by atoms with Crippen LogP contribution in [0.25, 0.3) is 0 Å². The van der Waals surface area contributed by atoms with E-state index >= 15 is 0 Å². The number of rotatable bonds is 2. The van der Waals surface area contributed by atoms with Gasteiger partial charge in [-0.3, -0.25) is 0 Å². The monoisotopic (exact) mass is 304 g/mol. The first-order valence-electron chi connectivity index (χ1n) is 4.97. The number of hydrogen-bond acceptors (Lipinski definition) is 4. The predicted octanol–water partition coefficient (Wildman–Crippen LogP) is 1.24. The van der Waals surface area contributed by atoms with Crippen LogP contribution in [-0.2, 0) is 9.84 Å². The molecule has 6 heteroatoms. The molecule has 0 aromatic heterocycles. The minimum absolute atomic E-state index is 0.0822. The summed E-state index contributed by atoms with van der Waals surface area (Å²) in [6.07, 6.45) is 0. The van der Waals surface area contributed by atoms with Gasteiger partial charge in [-0.25, -0.2) is 8.42 Å². The molecule has 0 saturated heterocycles. The summed E-state index contributed by atoms with van der Waals surface area (Å²) in [4.78, 5) is 0.384. The number of likely N-dealkylation sites (N-methyl/N-ethyl adjacent to an activating group) is 1. The van der Waals surface area contributed by atoms with Crippen LogP contribution in [-0.4, -0.2) is 33.8 Å². The lowest BCUT2D eigenvalue weighted by atomic mass is 10.2. The van der Waals surface area contributed by atoms with E-state index in [1.165, 1.54) is 0 Å². The highest BCUT2D eigenvalue weighted by Gasteiger charge is 2.30. The lowest BCUT2D eigenvalue weighted by Gasteiger charge is -2.27. The molecule has 88 valence electrons. The Labute approximate surface area is 103 Å². The van der Waals surface area contributed by atoms with Crippen LogP contribution in [0, 0.1) is 0 Å². The van der Waals surface area contributed by atoms with Gasteiger partial charge in [0.15, 0.2) is 9.84 Å². The summed E-state index contributed by atoms with van der Waals surface area (Å²) >= 11 is 3.36. The fourth-order valence-corrected chi connectivity index (χ4v) is 4.15. The molecule has 0 saturated carbocycles. The van der Waals surface area contributed by atoms with Crippen molar-refractivity contribution in [1.29, 1.82) is 0 Å². The molecule has 1 aromatic rings. The van der Waals surface area contributed by atoms with Crippen molar-refractivity contribution in [2.75, 3.05) is 24.7 Å². The van der Waals surface area contributed by atoms with Gasteiger partial charge in [0.25, 0.3) is 0 Å². The highest BCUT2D eigenvalue weighted by atomic mass is 79.9. The number of para-hydroxylation sites is 1. The van der Waals surface area contributed by atoms with Gasteiger partial charge in [-0.05, 0) is 35.1 Å². The highest BCUT2D eigenvalue weighted by Crippen LogP contribution is 2.34. The molecule has 1 heterocycles. The van der Waals surface area contributed by atoms with Gasteiger partial charge in [0.2, 0.25) is 0 Å². The molecule has 0 aliphatic carbocycles. The average molecular weight is 305 g/mol. The molecule has 1 aliphatic rings. The molecule has 0 radical (unpaired) electrons. The first kappa shape index (κ1) is 11.9. The Morgan fingerprint density at radius 2 is 2.31 bits per heavy atom. The van der Waals surface area contributed by atoms with Crippen molar-refractivity contribution < 1.29 is 8.42 Å². The van der Waals surface area contributed by atoms with E-state index in [1.54, 1.807) is 12.1 Å². The zero-order valence-corrected chi connectivity index (χ0v) is 11.2. The number of benzene rings is 1. The molecule has 2 N–H and O–H groups in total. The molecular formula is C10H13BrN2O2S. The van der Waals surface area contributed by atoms with Crippen molar-refractivity contribution in [3.05, 3.63) is 22.7 Å². The molecule has 0 fully saturated rings. The van der Waals surface area contributed by atoms with Gasteiger partial charge in [-0.2, -0.15) is 0 Å². The maximum atomic E-state index is 12.0. The zero-order chi connectivity index (χ0) is 11.8. The Balaban J connectivity index is 2.48. The van der Waals surface area contributed by atoms with Gasteiger partial charge in [0.1, 0.15) is 0 Å². The predicted molar refractivity (Wildman–Crippen MR) is 67.5 cm³/mol. The number of hydrogen-bond donors (Lipinski definition) is 2. The maximum absolute atomic E-state index is 12.0. The standard InChI is InChI=1S/C10H13BrN2O2S/c1-12-5-7-6-16(14,15)9-4-2-3-8(11)10(9)13-7/h2-4,7,12-13H,5-6H2,1H3. The second-order valence-corrected chi connectivity index (χ2v) is 6.65. The molecular weight excluding hydrogens is 292 g/mol. The minimum Gasteiger partial charge on any atom is -0.378 e. The van der Waals surface area contributed by atoms with Crippen molar-refractivity contribution in [3.8, 4) is 0 Å². The fraction of sp³-hybridized carbons (Fsp3) is 0.400. The van der Waals surface area contributed by atoms with Crippen LogP contribution in [0.3, 0.4) is 0 Å². The molecule has 1 unspecified atom stereocenters. The van der Waals surface area contributed by atoms with Crippen molar-refractivity contribution in [2.45, 2.75) is 10.9 Å². The normalized spacial score (nSPS) is 22.2. The van der Waals surface area contributed by atoms with Crippen molar-refractivity contribution in [2.24, 2.45) is 0 Å². The lowest BCUT2D eigenvalue weighted by molar-refractivity contribution is 0.580. The van der Waals surface area contributed by atoms with Gasteiger partial charge in [0, 0.05) is 11.0 Å². The first-order chi connectivity index (χ1) is 7.54. The van der Waals surface area contributed by atoms with Crippen LogP contribution in [0.5, 0.6) is 0 Å². The smallest absolute Gasteiger partial charge is 0.182 e. The number of nitrogens with one attached hydrogen (secondary N) is 2. The van der Waals surface area contributed by atoms with E-state index in [1.807, 2.05) is 13.1 Å². The second-order valence-electron chi connectivity index (χ2n) is 3.79. The molecule has 2 rings (SSSR count). The van der Waals surface area contributed by atoms with Crippen molar-refractivity contribution >= 4 is 31.5 Å². The van der Waals surface area contributed by atoms with E-state index in [-0.39, 0.29) is 11.8 Å². The number of sulfone groups is 1. The van der Waals surface area contributed by atoms with E-state index in [9.17, 15) is 8.42 Å². The summed E-state index contributed by atoms with van der Waals surface area (Å²) in [5.74, 6) is 0.136. The Morgan fingerprint density at radius 1 is 1.56 bits per heavy atom. The number of fused-ring (bicyclic) bond motifs is 1. The van der Waals surface area contributed by atoms with E-state index in [0.717, 1.165) is 4.47 Å². The second kappa shape index (κ2) is 4.35. The molecule has 0 bridgehead atoms. The average Bonchev–Trinajstić information content (AvgIpc) is 2.19.